The molecule has 1 N–H and O–H groups in total. The zero-order valence-corrected chi connectivity index (χ0v) is 22.1. The summed E-state index contributed by atoms with van der Waals surface area (Å²) in [7, 11) is 0. The fraction of sp³-hybridized carbons (Fsp3) is 0.296. The zero-order chi connectivity index (χ0) is 26.2. The number of benzene rings is 2. The van der Waals surface area contributed by atoms with E-state index < -0.39 is 29.4 Å². The first-order valence-electron chi connectivity index (χ1n) is 11.6. The van der Waals surface area contributed by atoms with Crippen LogP contribution in [0.5, 0.6) is 0 Å². The minimum Gasteiger partial charge on any atom is -0.362 e. The fourth-order valence-electron chi connectivity index (χ4n) is 4.51. The number of carbonyl (C=O) groups excluding carboxylic acids is 3. The van der Waals surface area contributed by atoms with Gasteiger partial charge in [0.25, 0.3) is 11.1 Å². The smallest absolute Gasteiger partial charge is 0.294 e. The molecule has 2 heterocycles. The normalized spacial score (nSPS) is 17.9. The average Bonchev–Trinajstić information content (AvgIpc) is 3.06. The Morgan fingerprint density at radius 3 is 2.56 bits per heavy atom. The summed E-state index contributed by atoms with van der Waals surface area (Å²) in [5.74, 6) is -1.64. The first-order chi connectivity index (χ1) is 17.0. The lowest BCUT2D eigenvalue weighted by atomic mass is 9.87. The molecule has 0 radical (unpaired) electrons. The Morgan fingerprint density at radius 1 is 1.19 bits per heavy atom. The number of thioether (sulfide) groups is 1. The minimum absolute atomic E-state index is 0.0707. The topological polar surface area (TPSA) is 69.7 Å². The highest BCUT2D eigenvalue weighted by Crippen LogP contribution is 2.41. The maximum atomic E-state index is 15.2. The van der Waals surface area contributed by atoms with Crippen molar-refractivity contribution < 1.29 is 18.8 Å². The van der Waals surface area contributed by atoms with Crippen molar-refractivity contribution in [1.82, 2.24) is 4.90 Å². The highest BCUT2D eigenvalue weighted by Gasteiger charge is 2.37. The molecule has 2 aromatic carbocycles. The van der Waals surface area contributed by atoms with Crippen LogP contribution >= 0.6 is 23.4 Å². The van der Waals surface area contributed by atoms with Crippen molar-refractivity contribution in [1.29, 1.82) is 0 Å². The van der Waals surface area contributed by atoms with E-state index in [-0.39, 0.29) is 16.0 Å². The molecule has 0 bridgehead atoms. The number of nitrogens with one attached hydrogen (secondary N) is 1. The summed E-state index contributed by atoms with van der Waals surface area (Å²) in [4.78, 5) is 40.9. The highest BCUT2D eigenvalue weighted by atomic mass is 35.5. The van der Waals surface area contributed by atoms with E-state index in [9.17, 15) is 14.4 Å². The first kappa shape index (κ1) is 26.0. The summed E-state index contributed by atoms with van der Waals surface area (Å²) in [6, 6.07) is 9.69. The molecule has 2 aliphatic rings. The number of allylic oxidation sites excluding steroid dienone is 1. The van der Waals surface area contributed by atoms with E-state index in [1.54, 1.807) is 30.3 Å². The number of hydrogen-bond acceptors (Lipinski definition) is 5. The Balaban J connectivity index is 1.57. The third-order valence-electron chi connectivity index (χ3n) is 6.13. The lowest BCUT2D eigenvalue weighted by Gasteiger charge is -2.43. The molecule has 0 saturated carbocycles. The van der Waals surface area contributed by atoms with Crippen molar-refractivity contribution in [2.45, 2.75) is 39.7 Å². The number of carbonyl (C=O) groups is 3. The molecular formula is C27H27ClFN3O3S. The molecule has 188 valence electrons. The van der Waals surface area contributed by atoms with Gasteiger partial charge in [-0.3, -0.25) is 19.3 Å². The van der Waals surface area contributed by atoms with Crippen LogP contribution in [0.1, 0.15) is 45.2 Å². The Kier molecular flexibility index (Phi) is 7.29. The number of fused-ring (bicyclic) bond motifs is 1. The average molecular weight is 528 g/mol. The summed E-state index contributed by atoms with van der Waals surface area (Å²) in [5.41, 5.74) is 3.17. The monoisotopic (exact) mass is 527 g/mol. The third-order valence-corrected chi connectivity index (χ3v) is 7.29. The first-order valence-corrected chi connectivity index (χ1v) is 12.8. The van der Waals surface area contributed by atoms with E-state index in [1.165, 1.54) is 12.1 Å². The summed E-state index contributed by atoms with van der Waals surface area (Å²) in [6.45, 7) is 8.59. The summed E-state index contributed by atoms with van der Waals surface area (Å²) in [6.07, 6.45) is 4.45. The molecule has 0 aliphatic carbocycles. The van der Waals surface area contributed by atoms with Gasteiger partial charge in [0.1, 0.15) is 12.4 Å². The van der Waals surface area contributed by atoms with E-state index in [4.69, 9.17) is 11.6 Å². The number of rotatable bonds is 6. The molecule has 0 unspecified atom stereocenters. The molecule has 3 amide bonds. The van der Waals surface area contributed by atoms with Gasteiger partial charge in [-0.25, -0.2) is 4.39 Å². The van der Waals surface area contributed by atoms with Gasteiger partial charge in [-0.1, -0.05) is 24.6 Å². The highest BCUT2D eigenvalue weighted by molar-refractivity contribution is 8.18. The predicted octanol–water partition coefficient (Wildman–Crippen LogP) is 6.57. The van der Waals surface area contributed by atoms with E-state index >= 15 is 4.39 Å². The van der Waals surface area contributed by atoms with Gasteiger partial charge in [0.05, 0.1) is 10.4 Å². The Bertz CT molecular complexity index is 1300. The number of halogens is 2. The molecule has 2 aromatic rings. The molecule has 2 aliphatic heterocycles. The molecule has 0 atom stereocenters. The molecule has 0 aromatic heterocycles. The molecule has 4 rings (SSSR count). The van der Waals surface area contributed by atoms with Crippen LogP contribution in [0.15, 0.2) is 47.4 Å². The van der Waals surface area contributed by atoms with E-state index in [0.717, 1.165) is 34.7 Å². The quantitative estimate of drug-likeness (QED) is 0.430. The van der Waals surface area contributed by atoms with Crippen LogP contribution in [-0.2, 0) is 9.59 Å². The van der Waals surface area contributed by atoms with Crippen molar-refractivity contribution in [3.05, 3.63) is 69.3 Å². The number of hydrogen-bond donors (Lipinski definition) is 1. The van der Waals surface area contributed by atoms with Gasteiger partial charge in [-0.05, 0) is 87.0 Å². The standard InChI is InChI=1S/C27H27ClFN3O3S/c1-5-10-32-22-13-21(29)17(11-20(22)16(2)14-27(32,3)4)12-23-25(34)31(26(35)36-23)15-24(33)30-19-8-6-18(28)7-9-19/h6-9,11-14H,5,10,15H2,1-4H3,(H,30,33)/b23-12+. The van der Waals surface area contributed by atoms with E-state index in [1.807, 2.05) is 6.92 Å². The maximum absolute atomic E-state index is 15.2. The van der Waals surface area contributed by atoms with Crippen molar-refractivity contribution in [2.24, 2.45) is 0 Å². The molecule has 0 spiro atoms. The van der Waals surface area contributed by atoms with Crippen LogP contribution in [-0.4, -0.2) is 40.6 Å². The van der Waals surface area contributed by atoms with Crippen molar-refractivity contribution in [3.63, 3.8) is 0 Å². The van der Waals surface area contributed by atoms with Gasteiger partial charge in [-0.15, -0.1) is 0 Å². The van der Waals surface area contributed by atoms with Gasteiger partial charge in [0, 0.05) is 34.1 Å². The van der Waals surface area contributed by atoms with Gasteiger partial charge in [-0.2, -0.15) is 0 Å². The van der Waals surface area contributed by atoms with Gasteiger partial charge < -0.3 is 10.2 Å². The molecule has 1 fully saturated rings. The second-order valence-electron chi connectivity index (χ2n) is 9.35. The van der Waals surface area contributed by atoms with Crippen molar-refractivity contribution >= 4 is 63.4 Å². The second-order valence-corrected chi connectivity index (χ2v) is 10.8. The number of amides is 3. The number of imide groups is 1. The number of anilines is 2. The van der Waals surface area contributed by atoms with E-state index in [0.29, 0.717) is 22.5 Å². The number of nitrogens with zero attached hydrogens (tertiary/aromatic N) is 2. The van der Waals surface area contributed by atoms with Gasteiger partial charge in [0.15, 0.2) is 0 Å². The Morgan fingerprint density at radius 2 is 1.89 bits per heavy atom. The van der Waals surface area contributed by atoms with Crippen molar-refractivity contribution in [3.8, 4) is 0 Å². The molecular weight excluding hydrogens is 501 g/mol. The van der Waals surface area contributed by atoms with Crippen LogP contribution in [0, 0.1) is 5.82 Å². The lowest BCUT2D eigenvalue weighted by molar-refractivity contribution is -0.127. The lowest BCUT2D eigenvalue weighted by Crippen LogP contribution is -2.45. The van der Waals surface area contributed by atoms with Gasteiger partial charge >= 0.3 is 0 Å². The van der Waals surface area contributed by atoms with Crippen LogP contribution in [0.3, 0.4) is 0 Å². The summed E-state index contributed by atoms with van der Waals surface area (Å²) in [5, 5.41) is 2.57. The summed E-state index contributed by atoms with van der Waals surface area (Å²) < 4.78 is 15.2. The predicted molar refractivity (Wildman–Crippen MR) is 145 cm³/mol. The largest absolute Gasteiger partial charge is 0.362 e. The van der Waals surface area contributed by atoms with Crippen LogP contribution in [0.4, 0.5) is 20.6 Å². The van der Waals surface area contributed by atoms with Gasteiger partial charge in [0.2, 0.25) is 5.91 Å². The van der Waals surface area contributed by atoms with Crippen LogP contribution in [0.25, 0.3) is 11.6 Å². The summed E-state index contributed by atoms with van der Waals surface area (Å²) >= 11 is 6.54. The Labute approximate surface area is 219 Å². The fourth-order valence-corrected chi connectivity index (χ4v) is 5.47. The maximum Gasteiger partial charge on any atom is 0.294 e. The molecule has 36 heavy (non-hydrogen) atoms. The van der Waals surface area contributed by atoms with Crippen LogP contribution < -0.4 is 10.2 Å². The molecule has 1 saturated heterocycles. The second kappa shape index (κ2) is 10.1. The SMILES string of the molecule is CCCN1c2cc(F)c(/C=C3/SC(=O)N(CC(=O)Nc4ccc(Cl)cc4)C3=O)cc2C(C)=CC1(C)C. The molecule has 9 heteroatoms. The van der Waals surface area contributed by atoms with E-state index in [2.05, 4.69) is 37.1 Å². The molecule has 6 nitrogen and oxygen atoms in total. The van der Waals surface area contributed by atoms with Crippen LogP contribution in [0.2, 0.25) is 5.02 Å². The zero-order valence-electron chi connectivity index (χ0n) is 20.5. The Hall–Kier alpha value is -3.10. The third kappa shape index (κ3) is 5.20. The van der Waals surface area contributed by atoms with Crippen molar-refractivity contribution in [2.75, 3.05) is 23.3 Å². The minimum atomic E-state index is -0.630.